The number of anilines is 1. The number of rotatable bonds is 7. The number of amides is 2. The summed E-state index contributed by atoms with van der Waals surface area (Å²) >= 11 is 5.65. The van der Waals surface area contributed by atoms with E-state index in [1.165, 1.54) is 31.2 Å². The fourth-order valence-electron chi connectivity index (χ4n) is 2.03. The van der Waals surface area contributed by atoms with Gasteiger partial charge in [-0.15, -0.1) is 0 Å². The van der Waals surface area contributed by atoms with Crippen molar-refractivity contribution in [2.75, 3.05) is 32.6 Å². The molecular formula is C18H18ClFN2O4. The van der Waals surface area contributed by atoms with Gasteiger partial charge in [-0.05, 0) is 24.3 Å². The van der Waals surface area contributed by atoms with E-state index in [1.54, 1.807) is 24.3 Å². The van der Waals surface area contributed by atoms with Crippen LogP contribution in [0.2, 0.25) is 5.02 Å². The number of hydrogen-bond donors (Lipinski definition) is 1. The van der Waals surface area contributed by atoms with Crippen molar-refractivity contribution in [3.05, 3.63) is 53.3 Å². The number of nitrogens with one attached hydrogen (secondary N) is 1. The first-order valence-electron chi connectivity index (χ1n) is 7.64. The minimum Gasteiger partial charge on any atom is -0.497 e. The lowest BCUT2D eigenvalue weighted by Gasteiger charge is -2.17. The third-order valence-corrected chi connectivity index (χ3v) is 3.70. The van der Waals surface area contributed by atoms with Crippen LogP contribution in [0.1, 0.15) is 0 Å². The molecule has 26 heavy (non-hydrogen) atoms. The molecule has 2 aromatic rings. The maximum absolute atomic E-state index is 13.1. The Morgan fingerprint density at radius 2 is 1.96 bits per heavy atom. The van der Waals surface area contributed by atoms with Crippen LogP contribution in [0.4, 0.5) is 10.1 Å². The fraction of sp³-hybridized carbons (Fsp3) is 0.222. The second-order valence-electron chi connectivity index (χ2n) is 5.39. The molecule has 0 spiro atoms. The maximum Gasteiger partial charge on any atom is 0.260 e. The summed E-state index contributed by atoms with van der Waals surface area (Å²) in [6.45, 7) is -0.450. The van der Waals surface area contributed by atoms with Crippen molar-refractivity contribution in [3.63, 3.8) is 0 Å². The lowest BCUT2D eigenvalue weighted by atomic mass is 10.3. The molecule has 0 saturated heterocycles. The number of carbonyl (C=O) groups is 2. The molecule has 0 fully saturated rings. The molecule has 0 aliphatic heterocycles. The summed E-state index contributed by atoms with van der Waals surface area (Å²) in [4.78, 5) is 25.3. The highest BCUT2D eigenvalue weighted by Gasteiger charge is 2.14. The number of hydrogen-bond acceptors (Lipinski definition) is 4. The van der Waals surface area contributed by atoms with Gasteiger partial charge in [-0.3, -0.25) is 9.59 Å². The second kappa shape index (κ2) is 9.05. The predicted octanol–water partition coefficient (Wildman–Crippen LogP) is 2.96. The number of halogens is 2. The summed E-state index contributed by atoms with van der Waals surface area (Å²) < 4.78 is 23.4. The van der Waals surface area contributed by atoms with Gasteiger partial charge < -0.3 is 19.7 Å². The van der Waals surface area contributed by atoms with Crippen LogP contribution in [0.3, 0.4) is 0 Å². The molecule has 0 unspecified atom stereocenters. The molecule has 0 bridgehead atoms. The van der Waals surface area contributed by atoms with Crippen molar-refractivity contribution < 1.29 is 23.5 Å². The molecule has 6 nitrogen and oxygen atoms in total. The van der Waals surface area contributed by atoms with Gasteiger partial charge in [0.05, 0.1) is 18.7 Å². The Balaban J connectivity index is 1.83. The third kappa shape index (κ3) is 5.63. The number of methoxy groups -OCH3 is 1. The molecule has 0 aliphatic rings. The number of nitrogens with zero attached hydrogens (tertiary/aromatic N) is 1. The lowest BCUT2D eigenvalue weighted by molar-refractivity contribution is -0.135. The van der Waals surface area contributed by atoms with E-state index in [0.29, 0.717) is 11.4 Å². The van der Waals surface area contributed by atoms with E-state index in [2.05, 4.69) is 5.32 Å². The molecule has 0 aromatic heterocycles. The zero-order chi connectivity index (χ0) is 19.1. The van der Waals surface area contributed by atoms with Crippen LogP contribution in [0, 0.1) is 5.82 Å². The molecule has 2 aromatic carbocycles. The average Bonchev–Trinajstić information content (AvgIpc) is 2.62. The quantitative estimate of drug-likeness (QED) is 0.802. The van der Waals surface area contributed by atoms with Gasteiger partial charge in [0.2, 0.25) is 5.91 Å². The molecule has 0 heterocycles. The largest absolute Gasteiger partial charge is 0.497 e. The minimum atomic E-state index is -0.573. The highest BCUT2D eigenvalue weighted by atomic mass is 35.5. The Morgan fingerprint density at radius 1 is 1.19 bits per heavy atom. The average molecular weight is 381 g/mol. The van der Waals surface area contributed by atoms with Gasteiger partial charge in [0.25, 0.3) is 5.91 Å². The van der Waals surface area contributed by atoms with Crippen LogP contribution >= 0.6 is 11.6 Å². The van der Waals surface area contributed by atoms with Gasteiger partial charge in [0.1, 0.15) is 17.3 Å². The molecular weight excluding hydrogens is 363 g/mol. The standard InChI is InChI=1S/C18H18ClFN2O4/c1-22(10-17(23)21-12-4-3-5-13(8-12)25-2)18(24)11-26-14-6-7-16(20)15(19)9-14/h3-9H,10-11H2,1-2H3,(H,21,23). The summed E-state index contributed by atoms with van der Waals surface area (Å²) in [6, 6.07) is 10.7. The molecule has 0 aliphatic carbocycles. The monoisotopic (exact) mass is 380 g/mol. The summed E-state index contributed by atoms with van der Waals surface area (Å²) in [5.74, 6) is -0.473. The van der Waals surface area contributed by atoms with E-state index in [0.717, 1.165) is 6.07 Å². The van der Waals surface area contributed by atoms with E-state index in [1.807, 2.05) is 0 Å². The number of ether oxygens (including phenoxy) is 2. The summed E-state index contributed by atoms with van der Waals surface area (Å²) in [5.41, 5.74) is 0.562. The van der Waals surface area contributed by atoms with E-state index < -0.39 is 11.7 Å². The first kappa shape index (κ1) is 19.5. The second-order valence-corrected chi connectivity index (χ2v) is 5.80. The predicted molar refractivity (Wildman–Crippen MR) is 96.2 cm³/mol. The molecule has 1 N–H and O–H groups in total. The van der Waals surface area contributed by atoms with Crippen LogP contribution in [0.25, 0.3) is 0 Å². The SMILES string of the molecule is COc1cccc(NC(=O)CN(C)C(=O)COc2ccc(F)c(Cl)c2)c1. The Bertz CT molecular complexity index is 801. The topological polar surface area (TPSA) is 67.9 Å². The molecule has 0 atom stereocenters. The van der Waals surface area contributed by atoms with Crippen LogP contribution in [0.5, 0.6) is 11.5 Å². The van der Waals surface area contributed by atoms with E-state index in [9.17, 15) is 14.0 Å². The van der Waals surface area contributed by atoms with Gasteiger partial charge in [-0.25, -0.2) is 4.39 Å². The summed E-state index contributed by atoms with van der Waals surface area (Å²) in [5, 5.41) is 2.58. The Kier molecular flexibility index (Phi) is 6.80. The molecule has 0 saturated carbocycles. The van der Waals surface area contributed by atoms with Gasteiger partial charge >= 0.3 is 0 Å². The van der Waals surface area contributed by atoms with E-state index in [4.69, 9.17) is 21.1 Å². The molecule has 2 rings (SSSR count). The molecule has 8 heteroatoms. The van der Waals surface area contributed by atoms with Gasteiger partial charge in [0, 0.05) is 24.9 Å². The highest BCUT2D eigenvalue weighted by molar-refractivity contribution is 6.30. The van der Waals surface area contributed by atoms with E-state index >= 15 is 0 Å². The van der Waals surface area contributed by atoms with E-state index in [-0.39, 0.29) is 29.8 Å². The third-order valence-electron chi connectivity index (χ3n) is 3.41. The Hall–Kier alpha value is -2.80. The van der Waals surface area contributed by atoms with Crippen LogP contribution in [-0.2, 0) is 9.59 Å². The van der Waals surface area contributed by atoms with Crippen molar-refractivity contribution >= 4 is 29.1 Å². The van der Waals surface area contributed by atoms with Gasteiger partial charge in [-0.2, -0.15) is 0 Å². The Morgan fingerprint density at radius 3 is 2.65 bits per heavy atom. The molecule has 138 valence electrons. The maximum atomic E-state index is 13.1. The molecule has 0 radical (unpaired) electrons. The lowest BCUT2D eigenvalue weighted by Crippen LogP contribution is -2.37. The number of likely N-dealkylation sites (N-methyl/N-ethyl adjacent to an activating group) is 1. The number of carbonyl (C=O) groups excluding carboxylic acids is 2. The number of benzene rings is 2. The van der Waals surface area contributed by atoms with Crippen molar-refractivity contribution in [1.29, 1.82) is 0 Å². The highest BCUT2D eigenvalue weighted by Crippen LogP contribution is 2.21. The first-order chi connectivity index (χ1) is 12.4. The van der Waals surface area contributed by atoms with Crippen LogP contribution in [-0.4, -0.2) is 44.0 Å². The van der Waals surface area contributed by atoms with Crippen LogP contribution in [0.15, 0.2) is 42.5 Å². The minimum absolute atomic E-state index is 0.0963. The van der Waals surface area contributed by atoms with Crippen molar-refractivity contribution in [2.45, 2.75) is 0 Å². The van der Waals surface area contributed by atoms with Crippen molar-refractivity contribution in [2.24, 2.45) is 0 Å². The van der Waals surface area contributed by atoms with Gasteiger partial charge in [0.15, 0.2) is 6.61 Å². The Labute approximate surface area is 155 Å². The smallest absolute Gasteiger partial charge is 0.260 e. The zero-order valence-electron chi connectivity index (χ0n) is 14.3. The van der Waals surface area contributed by atoms with Crippen molar-refractivity contribution in [1.82, 2.24) is 4.90 Å². The van der Waals surface area contributed by atoms with Crippen LogP contribution < -0.4 is 14.8 Å². The molecule has 2 amide bonds. The van der Waals surface area contributed by atoms with Crippen molar-refractivity contribution in [3.8, 4) is 11.5 Å². The first-order valence-corrected chi connectivity index (χ1v) is 8.02. The van der Waals surface area contributed by atoms with Gasteiger partial charge in [-0.1, -0.05) is 17.7 Å². The summed E-state index contributed by atoms with van der Waals surface area (Å²) in [6.07, 6.45) is 0. The zero-order valence-corrected chi connectivity index (χ0v) is 15.0. The fourth-order valence-corrected chi connectivity index (χ4v) is 2.20. The summed E-state index contributed by atoms with van der Waals surface area (Å²) in [7, 11) is 3.01. The normalized spacial score (nSPS) is 10.2.